The minimum absolute atomic E-state index is 0.133. The first kappa shape index (κ1) is 14.9. The standard InChI is InChI=1S/C15H21N5O2S/c1-19(15-13-5-6-16-14(13)17-9-18-15)11-7-12(8-11)20(10-3-4-10)23(2,21)22/h5-6,9-12H,3-4,7-8H2,1-2H3,(H,16,17,18)/t11-,12+. The van der Waals surface area contributed by atoms with E-state index in [0.717, 1.165) is 42.5 Å². The highest BCUT2D eigenvalue weighted by Gasteiger charge is 2.46. The van der Waals surface area contributed by atoms with E-state index in [2.05, 4.69) is 19.9 Å². The molecule has 0 bridgehead atoms. The summed E-state index contributed by atoms with van der Waals surface area (Å²) in [6.45, 7) is 0. The van der Waals surface area contributed by atoms with Crippen LogP contribution in [0.1, 0.15) is 25.7 Å². The van der Waals surface area contributed by atoms with Gasteiger partial charge in [-0.25, -0.2) is 18.4 Å². The average molecular weight is 335 g/mol. The molecule has 0 spiro atoms. The van der Waals surface area contributed by atoms with Crippen LogP contribution in [0.25, 0.3) is 11.0 Å². The van der Waals surface area contributed by atoms with E-state index in [1.807, 2.05) is 19.3 Å². The summed E-state index contributed by atoms with van der Waals surface area (Å²) >= 11 is 0. The average Bonchev–Trinajstić information content (AvgIpc) is 3.14. The largest absolute Gasteiger partial charge is 0.356 e. The highest BCUT2D eigenvalue weighted by Crippen LogP contribution is 2.40. The maximum absolute atomic E-state index is 12.0. The lowest BCUT2D eigenvalue weighted by Gasteiger charge is -2.46. The molecule has 0 aliphatic heterocycles. The van der Waals surface area contributed by atoms with Crippen LogP contribution in [0.5, 0.6) is 0 Å². The van der Waals surface area contributed by atoms with Crippen LogP contribution < -0.4 is 4.90 Å². The Morgan fingerprint density at radius 1 is 1.17 bits per heavy atom. The van der Waals surface area contributed by atoms with Gasteiger partial charge in [-0.3, -0.25) is 0 Å². The van der Waals surface area contributed by atoms with Crippen molar-refractivity contribution in [3.05, 3.63) is 18.6 Å². The van der Waals surface area contributed by atoms with Gasteiger partial charge in [-0.1, -0.05) is 0 Å². The van der Waals surface area contributed by atoms with E-state index < -0.39 is 10.0 Å². The van der Waals surface area contributed by atoms with Crippen LogP contribution in [0.3, 0.4) is 0 Å². The normalized spacial score (nSPS) is 24.8. The third kappa shape index (κ3) is 2.59. The second kappa shape index (κ2) is 5.17. The van der Waals surface area contributed by atoms with Crippen molar-refractivity contribution in [2.45, 2.75) is 43.8 Å². The van der Waals surface area contributed by atoms with E-state index >= 15 is 0 Å². The van der Waals surface area contributed by atoms with Gasteiger partial charge in [0.05, 0.1) is 11.6 Å². The molecule has 7 nitrogen and oxygen atoms in total. The van der Waals surface area contributed by atoms with Crippen LogP contribution in [0.4, 0.5) is 5.82 Å². The summed E-state index contributed by atoms with van der Waals surface area (Å²) in [7, 11) is -1.09. The molecule has 2 saturated carbocycles. The van der Waals surface area contributed by atoms with E-state index in [1.54, 1.807) is 10.6 Å². The molecule has 2 fully saturated rings. The number of sulfonamides is 1. The molecule has 2 aliphatic rings. The summed E-state index contributed by atoms with van der Waals surface area (Å²) in [6, 6.07) is 2.66. The summed E-state index contributed by atoms with van der Waals surface area (Å²) in [4.78, 5) is 13.9. The van der Waals surface area contributed by atoms with Crippen molar-refractivity contribution in [1.29, 1.82) is 0 Å². The maximum atomic E-state index is 12.0. The van der Waals surface area contributed by atoms with Gasteiger partial charge in [-0.15, -0.1) is 0 Å². The third-order valence-corrected chi connectivity index (χ3v) is 6.31. The maximum Gasteiger partial charge on any atom is 0.211 e. The van der Waals surface area contributed by atoms with Gasteiger partial charge in [0.15, 0.2) is 0 Å². The number of fused-ring (bicyclic) bond motifs is 1. The van der Waals surface area contributed by atoms with Gasteiger partial charge in [0.1, 0.15) is 17.8 Å². The molecule has 0 unspecified atom stereocenters. The van der Waals surface area contributed by atoms with Crippen molar-refractivity contribution in [1.82, 2.24) is 19.3 Å². The summed E-state index contributed by atoms with van der Waals surface area (Å²) in [6.07, 6.45) is 8.47. The Morgan fingerprint density at radius 3 is 2.57 bits per heavy atom. The van der Waals surface area contributed by atoms with Crippen LogP contribution in [0.2, 0.25) is 0 Å². The first-order valence-electron chi connectivity index (χ1n) is 7.94. The molecule has 0 aromatic carbocycles. The van der Waals surface area contributed by atoms with Crippen molar-refractivity contribution in [3.8, 4) is 0 Å². The molecule has 1 N–H and O–H groups in total. The van der Waals surface area contributed by atoms with Crippen molar-refractivity contribution in [3.63, 3.8) is 0 Å². The van der Waals surface area contributed by atoms with Crippen molar-refractivity contribution in [2.75, 3.05) is 18.2 Å². The smallest absolute Gasteiger partial charge is 0.211 e. The Bertz CT molecular complexity index is 823. The summed E-state index contributed by atoms with van der Waals surface area (Å²) in [5, 5.41) is 1.00. The number of aromatic nitrogens is 3. The molecule has 0 atom stereocenters. The molecular weight excluding hydrogens is 314 g/mol. The first-order valence-corrected chi connectivity index (χ1v) is 9.79. The number of aromatic amines is 1. The Labute approximate surface area is 135 Å². The van der Waals surface area contributed by atoms with Crippen LogP contribution in [0, 0.1) is 0 Å². The minimum atomic E-state index is -3.12. The lowest BCUT2D eigenvalue weighted by molar-refractivity contribution is 0.183. The number of hydrogen-bond donors (Lipinski definition) is 1. The molecule has 2 aromatic heterocycles. The lowest BCUT2D eigenvalue weighted by atomic mass is 9.85. The van der Waals surface area contributed by atoms with Gasteiger partial charge in [0, 0.05) is 31.4 Å². The van der Waals surface area contributed by atoms with Crippen molar-refractivity contribution in [2.24, 2.45) is 0 Å². The summed E-state index contributed by atoms with van der Waals surface area (Å²) in [5.74, 6) is 0.900. The number of nitrogens with zero attached hydrogens (tertiary/aromatic N) is 4. The zero-order valence-corrected chi connectivity index (χ0v) is 14.1. The van der Waals surface area contributed by atoms with E-state index in [1.165, 1.54) is 6.26 Å². The van der Waals surface area contributed by atoms with E-state index in [0.29, 0.717) is 6.04 Å². The van der Waals surface area contributed by atoms with Gasteiger partial charge in [-0.05, 0) is 31.7 Å². The lowest BCUT2D eigenvalue weighted by Crippen LogP contribution is -2.55. The molecule has 0 saturated heterocycles. The van der Waals surface area contributed by atoms with E-state index in [-0.39, 0.29) is 12.1 Å². The van der Waals surface area contributed by atoms with Crippen LogP contribution >= 0.6 is 0 Å². The SMILES string of the molecule is CN(c1ncnc2[nH]ccc12)[C@H]1C[C@@H](N(C2CC2)S(C)(=O)=O)C1. The zero-order valence-electron chi connectivity index (χ0n) is 13.3. The molecule has 0 amide bonds. The summed E-state index contributed by atoms with van der Waals surface area (Å²) < 4.78 is 25.8. The van der Waals surface area contributed by atoms with Gasteiger partial charge < -0.3 is 9.88 Å². The Kier molecular flexibility index (Phi) is 3.35. The molecule has 2 heterocycles. The van der Waals surface area contributed by atoms with Crippen molar-refractivity contribution < 1.29 is 8.42 Å². The molecule has 2 aliphatic carbocycles. The number of nitrogens with one attached hydrogen (secondary N) is 1. The summed E-state index contributed by atoms with van der Waals surface area (Å²) in [5.41, 5.74) is 0.827. The quantitative estimate of drug-likeness (QED) is 0.892. The monoisotopic (exact) mass is 335 g/mol. The van der Waals surface area contributed by atoms with Gasteiger partial charge >= 0.3 is 0 Å². The first-order chi connectivity index (χ1) is 10.9. The topological polar surface area (TPSA) is 82.2 Å². The fourth-order valence-electron chi connectivity index (χ4n) is 3.56. The number of anilines is 1. The number of rotatable bonds is 5. The van der Waals surface area contributed by atoms with Gasteiger partial charge in [-0.2, -0.15) is 4.31 Å². The fraction of sp³-hybridized carbons (Fsp3) is 0.600. The zero-order chi connectivity index (χ0) is 16.2. The van der Waals surface area contributed by atoms with Crippen LogP contribution in [-0.2, 0) is 10.0 Å². The molecule has 0 radical (unpaired) electrons. The van der Waals surface area contributed by atoms with Gasteiger partial charge in [0.25, 0.3) is 0 Å². The Balaban J connectivity index is 1.50. The molecule has 2 aromatic rings. The van der Waals surface area contributed by atoms with Crippen molar-refractivity contribution >= 4 is 26.9 Å². The number of H-pyrrole nitrogens is 1. The highest BCUT2D eigenvalue weighted by molar-refractivity contribution is 7.88. The predicted octanol–water partition coefficient (Wildman–Crippen LogP) is 1.35. The molecule has 4 rings (SSSR count). The van der Waals surface area contributed by atoms with Crippen LogP contribution in [-0.4, -0.2) is 59.1 Å². The Morgan fingerprint density at radius 2 is 1.91 bits per heavy atom. The minimum Gasteiger partial charge on any atom is -0.356 e. The van der Waals surface area contributed by atoms with E-state index in [9.17, 15) is 8.42 Å². The second-order valence-electron chi connectivity index (χ2n) is 6.65. The second-order valence-corrected chi connectivity index (χ2v) is 8.54. The van der Waals surface area contributed by atoms with Gasteiger partial charge in [0.2, 0.25) is 10.0 Å². The van der Waals surface area contributed by atoms with E-state index in [4.69, 9.17) is 0 Å². The molecule has 23 heavy (non-hydrogen) atoms. The highest BCUT2D eigenvalue weighted by atomic mass is 32.2. The predicted molar refractivity (Wildman–Crippen MR) is 88.8 cm³/mol. The molecular formula is C15H21N5O2S. The molecule has 124 valence electrons. The van der Waals surface area contributed by atoms with Crippen LogP contribution in [0.15, 0.2) is 18.6 Å². The third-order valence-electron chi connectivity index (χ3n) is 4.95. The fourth-order valence-corrected chi connectivity index (χ4v) is 5.03. The number of hydrogen-bond acceptors (Lipinski definition) is 5. The molecule has 8 heteroatoms. The Hall–Kier alpha value is -1.67.